The van der Waals surface area contributed by atoms with Gasteiger partial charge in [0.2, 0.25) is 0 Å². The number of β-amino-alcohol motifs (C(OH)–C–C–N with tert-alkyl or cyclic N) is 1. The Morgan fingerprint density at radius 3 is 2.57 bits per heavy atom. The largest absolute Gasteiger partial charge is 0.445 e. The third kappa shape index (κ3) is 4.44. The third-order valence-corrected chi connectivity index (χ3v) is 3.75. The molecule has 1 saturated heterocycles. The van der Waals surface area contributed by atoms with Crippen molar-refractivity contribution in [3.63, 3.8) is 0 Å². The van der Waals surface area contributed by atoms with Crippen LogP contribution >= 0.6 is 0 Å². The maximum atomic E-state index is 11.8. The number of nitrogens with zero attached hydrogens (tertiary/aromatic N) is 1. The first-order valence-electron chi connectivity index (χ1n) is 7.26. The Hall–Kier alpha value is -1.59. The summed E-state index contributed by atoms with van der Waals surface area (Å²) in [6, 6.07) is 9.24. The SMILES string of the molecule is CC(C)(C)N1C[C@H](O)[C@H](NC(=O)OCc2ccccc2)C1. The summed E-state index contributed by atoms with van der Waals surface area (Å²) in [6.07, 6.45) is -1.05. The van der Waals surface area contributed by atoms with Gasteiger partial charge in [-0.3, -0.25) is 4.90 Å². The first kappa shape index (κ1) is 15.8. The molecule has 0 unspecified atom stereocenters. The van der Waals surface area contributed by atoms with E-state index in [0.29, 0.717) is 13.1 Å². The van der Waals surface area contributed by atoms with Crippen molar-refractivity contribution < 1.29 is 14.6 Å². The number of amides is 1. The normalized spacial score (nSPS) is 23.0. The Balaban J connectivity index is 1.80. The molecule has 1 fully saturated rings. The van der Waals surface area contributed by atoms with Crippen molar-refractivity contribution in [2.24, 2.45) is 0 Å². The van der Waals surface area contributed by atoms with Crippen LogP contribution in [0.25, 0.3) is 0 Å². The van der Waals surface area contributed by atoms with Gasteiger partial charge in [-0.25, -0.2) is 4.79 Å². The van der Waals surface area contributed by atoms with Crippen LogP contribution in [0.15, 0.2) is 30.3 Å². The van der Waals surface area contributed by atoms with E-state index in [4.69, 9.17) is 4.74 Å². The zero-order valence-corrected chi connectivity index (χ0v) is 12.9. The fourth-order valence-electron chi connectivity index (χ4n) is 2.39. The standard InChI is InChI=1S/C16H24N2O3/c1-16(2,3)18-9-13(14(19)10-18)17-15(20)21-11-12-7-5-4-6-8-12/h4-8,13-14,19H,9-11H2,1-3H3,(H,17,20)/t13-,14+/m1/s1. The van der Waals surface area contributed by atoms with Crippen LogP contribution in [0.1, 0.15) is 26.3 Å². The number of alkyl carbamates (subject to hydrolysis) is 1. The molecule has 0 radical (unpaired) electrons. The topological polar surface area (TPSA) is 61.8 Å². The highest BCUT2D eigenvalue weighted by Crippen LogP contribution is 2.21. The van der Waals surface area contributed by atoms with Gasteiger partial charge in [0.05, 0.1) is 12.1 Å². The Morgan fingerprint density at radius 2 is 2.00 bits per heavy atom. The number of carbonyl (C=O) groups excluding carboxylic acids is 1. The molecule has 2 rings (SSSR count). The molecule has 116 valence electrons. The molecule has 1 aromatic carbocycles. The molecule has 5 heteroatoms. The van der Waals surface area contributed by atoms with E-state index in [1.165, 1.54) is 0 Å². The average molecular weight is 292 g/mol. The summed E-state index contributed by atoms with van der Waals surface area (Å²) in [5.41, 5.74) is 0.918. The van der Waals surface area contributed by atoms with Crippen LogP contribution in [0.5, 0.6) is 0 Å². The number of rotatable bonds is 3. The number of benzene rings is 1. The van der Waals surface area contributed by atoms with Crippen molar-refractivity contribution >= 4 is 6.09 Å². The molecule has 1 aliphatic heterocycles. The lowest BCUT2D eigenvalue weighted by molar-refractivity contribution is 0.114. The van der Waals surface area contributed by atoms with Gasteiger partial charge in [-0.1, -0.05) is 30.3 Å². The van der Waals surface area contributed by atoms with E-state index < -0.39 is 12.2 Å². The fraction of sp³-hybridized carbons (Fsp3) is 0.562. The number of likely N-dealkylation sites (tertiary alicyclic amines) is 1. The zero-order chi connectivity index (χ0) is 15.5. The lowest BCUT2D eigenvalue weighted by Gasteiger charge is -2.31. The lowest BCUT2D eigenvalue weighted by atomic mass is 10.1. The molecular weight excluding hydrogens is 268 g/mol. The zero-order valence-electron chi connectivity index (χ0n) is 12.9. The summed E-state index contributed by atoms with van der Waals surface area (Å²) in [5, 5.41) is 12.8. The van der Waals surface area contributed by atoms with Crippen LogP contribution in [-0.4, -0.2) is 46.9 Å². The number of aliphatic hydroxyl groups is 1. The van der Waals surface area contributed by atoms with Gasteiger partial charge in [0.25, 0.3) is 0 Å². The van der Waals surface area contributed by atoms with Crippen LogP contribution in [0.2, 0.25) is 0 Å². The van der Waals surface area contributed by atoms with Crippen molar-refractivity contribution in [3.05, 3.63) is 35.9 Å². The van der Waals surface area contributed by atoms with Gasteiger partial charge >= 0.3 is 6.09 Å². The van der Waals surface area contributed by atoms with Crippen LogP contribution in [0, 0.1) is 0 Å². The van der Waals surface area contributed by atoms with Gasteiger partial charge in [0, 0.05) is 18.6 Å². The molecule has 1 aliphatic rings. The van der Waals surface area contributed by atoms with E-state index in [2.05, 4.69) is 31.0 Å². The molecule has 0 spiro atoms. The monoisotopic (exact) mass is 292 g/mol. The minimum absolute atomic E-state index is 0.0225. The quantitative estimate of drug-likeness (QED) is 0.891. The van der Waals surface area contributed by atoms with E-state index in [0.717, 1.165) is 5.56 Å². The Bertz CT molecular complexity index is 470. The minimum atomic E-state index is -0.562. The number of hydrogen-bond donors (Lipinski definition) is 2. The van der Waals surface area contributed by atoms with E-state index in [9.17, 15) is 9.90 Å². The van der Waals surface area contributed by atoms with Gasteiger partial charge in [-0.2, -0.15) is 0 Å². The van der Waals surface area contributed by atoms with Crippen molar-refractivity contribution in [1.29, 1.82) is 0 Å². The Labute approximate surface area is 125 Å². The summed E-state index contributed by atoms with van der Waals surface area (Å²) >= 11 is 0. The molecule has 2 N–H and O–H groups in total. The number of ether oxygens (including phenoxy) is 1. The highest BCUT2D eigenvalue weighted by molar-refractivity contribution is 5.67. The van der Waals surface area contributed by atoms with E-state index in [-0.39, 0.29) is 18.2 Å². The summed E-state index contributed by atoms with van der Waals surface area (Å²) in [7, 11) is 0. The van der Waals surface area contributed by atoms with Crippen LogP contribution in [0.3, 0.4) is 0 Å². The Kier molecular flexibility index (Phi) is 4.85. The van der Waals surface area contributed by atoms with Crippen molar-refractivity contribution in [1.82, 2.24) is 10.2 Å². The Morgan fingerprint density at radius 1 is 1.33 bits per heavy atom. The fourth-order valence-corrected chi connectivity index (χ4v) is 2.39. The average Bonchev–Trinajstić information content (AvgIpc) is 2.79. The highest BCUT2D eigenvalue weighted by atomic mass is 16.5. The molecule has 1 amide bonds. The van der Waals surface area contributed by atoms with E-state index in [1.807, 2.05) is 30.3 Å². The van der Waals surface area contributed by atoms with Gasteiger partial charge in [-0.05, 0) is 26.3 Å². The summed E-state index contributed by atoms with van der Waals surface area (Å²) in [5.74, 6) is 0. The van der Waals surface area contributed by atoms with Gasteiger partial charge in [0.1, 0.15) is 6.61 Å². The molecule has 5 nitrogen and oxygen atoms in total. The van der Waals surface area contributed by atoms with Crippen LogP contribution in [0.4, 0.5) is 4.79 Å². The van der Waals surface area contributed by atoms with Gasteiger partial charge < -0.3 is 15.2 Å². The second-order valence-corrected chi connectivity index (χ2v) is 6.46. The third-order valence-electron chi connectivity index (χ3n) is 3.75. The van der Waals surface area contributed by atoms with Crippen molar-refractivity contribution in [2.45, 2.75) is 45.1 Å². The summed E-state index contributed by atoms with van der Waals surface area (Å²) < 4.78 is 5.18. The van der Waals surface area contributed by atoms with E-state index >= 15 is 0 Å². The molecule has 0 aromatic heterocycles. The minimum Gasteiger partial charge on any atom is -0.445 e. The molecular formula is C16H24N2O3. The molecule has 0 bridgehead atoms. The first-order valence-corrected chi connectivity index (χ1v) is 7.26. The molecule has 2 atom stereocenters. The van der Waals surface area contributed by atoms with Gasteiger partial charge in [0.15, 0.2) is 0 Å². The number of hydrogen-bond acceptors (Lipinski definition) is 4. The molecule has 0 aliphatic carbocycles. The maximum Gasteiger partial charge on any atom is 0.407 e. The second-order valence-electron chi connectivity index (χ2n) is 6.46. The first-order chi connectivity index (χ1) is 9.86. The highest BCUT2D eigenvalue weighted by Gasteiger charge is 2.37. The summed E-state index contributed by atoms with van der Waals surface area (Å²) in [6.45, 7) is 7.71. The maximum absolute atomic E-state index is 11.8. The lowest BCUT2D eigenvalue weighted by Crippen LogP contribution is -2.44. The molecule has 1 heterocycles. The molecule has 21 heavy (non-hydrogen) atoms. The molecule has 0 saturated carbocycles. The predicted octanol–water partition coefficient (Wildman–Crippen LogP) is 1.76. The molecule has 1 aromatic rings. The van der Waals surface area contributed by atoms with Crippen LogP contribution < -0.4 is 5.32 Å². The number of carbonyl (C=O) groups is 1. The van der Waals surface area contributed by atoms with Crippen LogP contribution in [-0.2, 0) is 11.3 Å². The van der Waals surface area contributed by atoms with Crippen molar-refractivity contribution in [3.8, 4) is 0 Å². The van der Waals surface area contributed by atoms with Crippen molar-refractivity contribution in [2.75, 3.05) is 13.1 Å². The smallest absolute Gasteiger partial charge is 0.407 e. The second kappa shape index (κ2) is 6.45. The van der Waals surface area contributed by atoms with E-state index in [1.54, 1.807) is 0 Å². The number of nitrogens with one attached hydrogen (secondary N) is 1. The number of aliphatic hydroxyl groups excluding tert-OH is 1. The predicted molar refractivity (Wildman–Crippen MR) is 80.9 cm³/mol. The van der Waals surface area contributed by atoms with Gasteiger partial charge in [-0.15, -0.1) is 0 Å². The summed E-state index contributed by atoms with van der Waals surface area (Å²) in [4.78, 5) is 14.0.